The molecule has 0 aromatic carbocycles. The summed E-state index contributed by atoms with van der Waals surface area (Å²) >= 11 is 0. The van der Waals surface area contributed by atoms with Crippen LogP contribution in [0.4, 0.5) is 0 Å². The number of hydrogen-bond acceptors (Lipinski definition) is 3. The average molecular weight is 127 g/mol. The van der Waals surface area contributed by atoms with Crippen molar-refractivity contribution in [2.24, 2.45) is 5.16 Å². The largest absolute Gasteiger partial charge is 0.399 e. The molecule has 0 atom stereocenters. The minimum absolute atomic E-state index is 0.0249. The zero-order valence-corrected chi connectivity index (χ0v) is 5.97. The van der Waals surface area contributed by atoms with Gasteiger partial charge in [-0.25, -0.2) is 0 Å². The van der Waals surface area contributed by atoms with Crippen LogP contribution >= 0.6 is 0 Å². The van der Waals surface area contributed by atoms with Gasteiger partial charge >= 0.3 is 0 Å². The van der Waals surface area contributed by atoms with Crippen molar-refractivity contribution in [1.29, 1.82) is 0 Å². The second kappa shape index (κ2) is 4.12. The van der Waals surface area contributed by atoms with Gasteiger partial charge in [-0.2, -0.15) is 0 Å². The van der Waals surface area contributed by atoms with Crippen LogP contribution in [-0.4, -0.2) is 25.8 Å². The van der Waals surface area contributed by atoms with Gasteiger partial charge in [0.05, 0.1) is 0 Å². The van der Waals surface area contributed by atoms with E-state index in [1.54, 1.807) is 13.7 Å². The monoisotopic (exact) mass is 127 g/mol. The molecule has 3 nitrogen and oxygen atoms in total. The molecule has 0 bridgehead atoms. The molecule has 0 radical (unpaired) electrons. The first-order chi connectivity index (χ1) is 4.22. The lowest BCUT2D eigenvalue weighted by Gasteiger charge is -1.91. The Bertz CT molecular complexity index is 133. The summed E-state index contributed by atoms with van der Waals surface area (Å²) in [6.07, 6.45) is 0. The summed E-state index contributed by atoms with van der Waals surface area (Å²) in [7, 11) is 1.91. The van der Waals surface area contributed by atoms with Gasteiger partial charge in [-0.05, 0) is 6.92 Å². The van der Waals surface area contributed by atoms with E-state index >= 15 is 0 Å². The minimum atomic E-state index is 0.0249. The molecule has 50 valence electrons. The van der Waals surface area contributed by atoms with Crippen LogP contribution in [0.25, 0.3) is 0 Å². The van der Waals surface area contributed by atoms with Crippen LogP contribution in [0.15, 0.2) is 5.16 Å². The topological polar surface area (TPSA) is 38.7 Å². The smallest absolute Gasteiger partial charge is 0.210 e. The van der Waals surface area contributed by atoms with Crippen molar-refractivity contribution < 1.29 is 9.63 Å². The lowest BCUT2D eigenvalue weighted by Crippen LogP contribution is -2.15. The first-order valence-corrected chi connectivity index (χ1v) is 2.83. The van der Waals surface area contributed by atoms with Gasteiger partial charge in [-0.3, -0.25) is 0 Å². The van der Waals surface area contributed by atoms with Gasteiger partial charge in [-0.15, -0.1) is 0 Å². The molecular formula is C5H10BNO2. The summed E-state index contributed by atoms with van der Waals surface area (Å²) in [6.45, 7) is 3.42. The van der Waals surface area contributed by atoms with Gasteiger partial charge in [0.1, 0.15) is 18.5 Å². The molecule has 0 heterocycles. The maximum Gasteiger partial charge on any atom is 0.210 e. The summed E-state index contributed by atoms with van der Waals surface area (Å²) in [5, 5.41) is 3.46. The number of hydrogen-bond donors (Lipinski definition) is 0. The van der Waals surface area contributed by atoms with Crippen LogP contribution in [-0.2, 0) is 9.63 Å². The van der Waals surface area contributed by atoms with E-state index in [9.17, 15) is 4.79 Å². The minimum Gasteiger partial charge on any atom is -0.399 e. The van der Waals surface area contributed by atoms with Crippen LogP contribution < -0.4 is 0 Å². The Morgan fingerprint density at radius 3 is 2.56 bits per heavy atom. The standard InChI is InChI=1S/C5H10BNO2/c1-4(7-9-3)5(8)6-2/h6H,1-3H3/b7-4+. The second-order valence-corrected chi connectivity index (χ2v) is 1.64. The molecule has 0 rings (SSSR count). The Morgan fingerprint density at radius 2 is 2.22 bits per heavy atom. The quantitative estimate of drug-likeness (QED) is 0.304. The van der Waals surface area contributed by atoms with E-state index in [0.29, 0.717) is 13.0 Å². The normalized spacial score (nSPS) is 10.8. The molecule has 0 unspecified atom stereocenters. The van der Waals surface area contributed by atoms with Crippen LogP contribution in [0.3, 0.4) is 0 Å². The third-order valence-corrected chi connectivity index (χ3v) is 0.953. The Kier molecular flexibility index (Phi) is 3.76. The molecule has 0 N–H and O–H groups in total. The van der Waals surface area contributed by atoms with E-state index < -0.39 is 0 Å². The third-order valence-electron chi connectivity index (χ3n) is 0.953. The van der Waals surface area contributed by atoms with E-state index in [2.05, 4.69) is 9.99 Å². The van der Waals surface area contributed by atoms with E-state index in [1.165, 1.54) is 7.11 Å². The molecular weight excluding hydrogens is 117 g/mol. The number of oxime groups is 1. The lowest BCUT2D eigenvalue weighted by atomic mass is 9.75. The van der Waals surface area contributed by atoms with Crippen LogP contribution in [0.1, 0.15) is 6.92 Å². The number of rotatable bonds is 3. The maximum absolute atomic E-state index is 10.7. The highest BCUT2D eigenvalue weighted by Crippen LogP contribution is 1.79. The van der Waals surface area contributed by atoms with Crippen molar-refractivity contribution >= 4 is 18.7 Å². The first kappa shape index (κ1) is 8.20. The molecule has 0 saturated carbocycles. The Hall–Kier alpha value is -0.795. The van der Waals surface area contributed by atoms with E-state index in [4.69, 9.17) is 0 Å². The van der Waals surface area contributed by atoms with Crippen molar-refractivity contribution in [2.75, 3.05) is 7.11 Å². The van der Waals surface area contributed by atoms with Crippen molar-refractivity contribution in [1.82, 2.24) is 0 Å². The second-order valence-electron chi connectivity index (χ2n) is 1.64. The maximum atomic E-state index is 10.7. The van der Waals surface area contributed by atoms with Gasteiger partial charge in [0.2, 0.25) is 7.28 Å². The highest BCUT2D eigenvalue weighted by molar-refractivity contribution is 6.87. The fourth-order valence-corrected chi connectivity index (χ4v) is 0.444. The summed E-state index contributed by atoms with van der Waals surface area (Å²) < 4.78 is 0. The summed E-state index contributed by atoms with van der Waals surface area (Å²) in [6, 6.07) is 0. The molecule has 0 aliphatic heterocycles. The molecule has 0 fully saturated rings. The van der Waals surface area contributed by atoms with Crippen LogP contribution in [0.5, 0.6) is 0 Å². The highest BCUT2D eigenvalue weighted by atomic mass is 16.6. The molecule has 4 heteroatoms. The summed E-state index contributed by atoms with van der Waals surface area (Å²) in [5.41, 5.74) is 0.455. The first-order valence-electron chi connectivity index (χ1n) is 2.83. The molecule has 0 aliphatic carbocycles. The van der Waals surface area contributed by atoms with Gasteiger partial charge in [0, 0.05) is 0 Å². The van der Waals surface area contributed by atoms with Gasteiger partial charge in [0.25, 0.3) is 0 Å². The van der Waals surface area contributed by atoms with Gasteiger partial charge < -0.3 is 9.63 Å². The predicted octanol–water partition coefficient (Wildman–Crippen LogP) is 0.0199. The zero-order chi connectivity index (χ0) is 7.28. The molecule has 0 aromatic rings. The third kappa shape index (κ3) is 2.90. The Balaban J connectivity index is 3.86. The van der Waals surface area contributed by atoms with Crippen molar-refractivity contribution in [3.05, 3.63) is 0 Å². The number of carbonyl (C=O) groups is 1. The molecule has 0 aliphatic rings. The fraction of sp³-hybridized carbons (Fsp3) is 0.600. The molecule has 0 saturated heterocycles. The van der Waals surface area contributed by atoms with Crippen molar-refractivity contribution in [3.8, 4) is 0 Å². The van der Waals surface area contributed by atoms with Crippen molar-refractivity contribution in [3.63, 3.8) is 0 Å². The molecule has 0 aromatic heterocycles. The Morgan fingerprint density at radius 1 is 1.67 bits per heavy atom. The van der Waals surface area contributed by atoms with Crippen molar-refractivity contribution in [2.45, 2.75) is 13.7 Å². The predicted molar refractivity (Wildman–Crippen MR) is 38.1 cm³/mol. The fourth-order valence-electron chi connectivity index (χ4n) is 0.444. The van der Waals surface area contributed by atoms with Crippen LogP contribution in [0, 0.1) is 0 Å². The highest BCUT2D eigenvalue weighted by Gasteiger charge is 2.02. The number of nitrogens with zero attached hydrogens (tertiary/aromatic N) is 1. The molecule has 0 spiro atoms. The lowest BCUT2D eigenvalue weighted by molar-refractivity contribution is -0.106. The van der Waals surface area contributed by atoms with Gasteiger partial charge in [0.15, 0.2) is 0 Å². The van der Waals surface area contributed by atoms with E-state index in [0.717, 1.165) is 0 Å². The Labute approximate surface area is 55.3 Å². The van der Waals surface area contributed by atoms with Crippen LogP contribution in [0.2, 0.25) is 6.82 Å². The zero-order valence-electron chi connectivity index (χ0n) is 5.97. The number of carbonyl (C=O) groups excluding carboxylic acids is 1. The summed E-state index contributed by atoms with van der Waals surface area (Å²) in [4.78, 5) is 15.1. The molecule has 0 amide bonds. The SMILES string of the molecule is CBC(=O)/C(C)=N/OC. The average Bonchev–Trinajstić information content (AvgIpc) is 1.87. The van der Waals surface area contributed by atoms with Gasteiger partial charge in [-0.1, -0.05) is 12.0 Å². The van der Waals surface area contributed by atoms with E-state index in [1.807, 2.05) is 0 Å². The molecule has 9 heavy (non-hydrogen) atoms. The van der Waals surface area contributed by atoms with E-state index in [-0.39, 0.29) is 5.68 Å². The summed E-state index contributed by atoms with van der Waals surface area (Å²) in [5.74, 6) is 0.